The maximum absolute atomic E-state index is 4.67. The molecule has 2 aromatic rings. The lowest BCUT2D eigenvalue weighted by Gasteiger charge is -2.23. The Kier molecular flexibility index (Phi) is 4.48. The standard InChI is InChI=1S/C17H27N3/c1-13(12-18-17(2,3)4)10-11-15-14-8-6-7-9-16(14)20(5)19-15/h6-9,13,18H,10-12H2,1-5H3. The van der Waals surface area contributed by atoms with E-state index in [1.165, 1.54) is 23.0 Å². The number of aryl methyl sites for hydroxylation is 2. The zero-order valence-corrected chi connectivity index (χ0v) is 13.4. The summed E-state index contributed by atoms with van der Waals surface area (Å²) < 4.78 is 1.99. The molecule has 1 N–H and O–H groups in total. The van der Waals surface area contributed by atoms with Gasteiger partial charge < -0.3 is 5.32 Å². The van der Waals surface area contributed by atoms with E-state index in [4.69, 9.17) is 0 Å². The van der Waals surface area contributed by atoms with Crippen LogP contribution < -0.4 is 5.32 Å². The average Bonchev–Trinajstić information content (AvgIpc) is 2.71. The molecule has 20 heavy (non-hydrogen) atoms. The van der Waals surface area contributed by atoms with E-state index in [1.54, 1.807) is 0 Å². The first-order chi connectivity index (χ1) is 9.37. The summed E-state index contributed by atoms with van der Waals surface area (Å²) in [7, 11) is 2.02. The van der Waals surface area contributed by atoms with Crippen molar-refractivity contribution in [3.63, 3.8) is 0 Å². The first-order valence-electron chi connectivity index (χ1n) is 7.52. The van der Waals surface area contributed by atoms with E-state index in [0.717, 1.165) is 13.0 Å². The van der Waals surface area contributed by atoms with Crippen molar-refractivity contribution in [2.24, 2.45) is 13.0 Å². The van der Waals surface area contributed by atoms with Gasteiger partial charge in [0.2, 0.25) is 0 Å². The third-order valence-electron chi connectivity index (χ3n) is 3.69. The molecule has 110 valence electrons. The van der Waals surface area contributed by atoms with Gasteiger partial charge in [0.05, 0.1) is 11.2 Å². The molecule has 0 bridgehead atoms. The van der Waals surface area contributed by atoms with E-state index in [-0.39, 0.29) is 5.54 Å². The maximum atomic E-state index is 4.67. The monoisotopic (exact) mass is 273 g/mol. The van der Waals surface area contributed by atoms with Crippen LogP contribution in [0.1, 0.15) is 39.8 Å². The molecule has 0 amide bonds. The molecule has 1 heterocycles. The molecular weight excluding hydrogens is 246 g/mol. The Morgan fingerprint density at radius 3 is 2.65 bits per heavy atom. The van der Waals surface area contributed by atoms with Crippen LogP contribution in [0.3, 0.4) is 0 Å². The second kappa shape index (κ2) is 5.96. The Morgan fingerprint density at radius 2 is 1.95 bits per heavy atom. The first-order valence-corrected chi connectivity index (χ1v) is 7.52. The van der Waals surface area contributed by atoms with Gasteiger partial charge in [0.1, 0.15) is 0 Å². The van der Waals surface area contributed by atoms with Gasteiger partial charge in [-0.25, -0.2) is 0 Å². The summed E-state index contributed by atoms with van der Waals surface area (Å²) in [5, 5.41) is 9.54. The fourth-order valence-corrected chi connectivity index (χ4v) is 2.44. The molecule has 0 aliphatic rings. The fraction of sp³-hybridized carbons (Fsp3) is 0.588. The van der Waals surface area contributed by atoms with Crippen LogP contribution in [-0.4, -0.2) is 21.9 Å². The van der Waals surface area contributed by atoms with Crippen LogP contribution in [0.25, 0.3) is 10.9 Å². The minimum Gasteiger partial charge on any atom is -0.312 e. The fourth-order valence-electron chi connectivity index (χ4n) is 2.44. The molecule has 2 rings (SSSR count). The van der Waals surface area contributed by atoms with Gasteiger partial charge in [-0.15, -0.1) is 0 Å². The van der Waals surface area contributed by atoms with Gasteiger partial charge in [0.15, 0.2) is 0 Å². The Hall–Kier alpha value is -1.35. The molecule has 0 aliphatic heterocycles. The van der Waals surface area contributed by atoms with Crippen LogP contribution in [0.15, 0.2) is 24.3 Å². The van der Waals surface area contributed by atoms with Crippen LogP contribution in [0, 0.1) is 5.92 Å². The zero-order chi connectivity index (χ0) is 14.8. The van der Waals surface area contributed by atoms with E-state index in [2.05, 4.69) is 62.4 Å². The van der Waals surface area contributed by atoms with E-state index in [1.807, 2.05) is 11.7 Å². The molecule has 3 heteroatoms. The van der Waals surface area contributed by atoms with Crippen molar-refractivity contribution >= 4 is 10.9 Å². The largest absolute Gasteiger partial charge is 0.312 e. The lowest BCUT2D eigenvalue weighted by Crippen LogP contribution is -2.38. The predicted molar refractivity (Wildman–Crippen MR) is 86.0 cm³/mol. The summed E-state index contributed by atoms with van der Waals surface area (Å²) in [5.74, 6) is 0.662. The smallest absolute Gasteiger partial charge is 0.0703 e. The van der Waals surface area contributed by atoms with Crippen molar-refractivity contribution in [3.8, 4) is 0 Å². The summed E-state index contributed by atoms with van der Waals surface area (Å²) in [5.41, 5.74) is 2.65. The molecule has 1 aromatic heterocycles. The Bertz CT molecular complexity index is 563. The summed E-state index contributed by atoms with van der Waals surface area (Å²) in [6.07, 6.45) is 2.22. The Balaban J connectivity index is 1.96. The molecule has 0 aliphatic carbocycles. The van der Waals surface area contributed by atoms with Crippen LogP contribution in [0.2, 0.25) is 0 Å². The number of hydrogen-bond donors (Lipinski definition) is 1. The normalized spacial score (nSPS) is 13.8. The van der Waals surface area contributed by atoms with Crippen molar-refractivity contribution in [2.75, 3.05) is 6.54 Å². The molecule has 1 unspecified atom stereocenters. The summed E-state index contributed by atoms with van der Waals surface area (Å²) >= 11 is 0. The molecule has 1 aromatic carbocycles. The number of rotatable bonds is 5. The summed E-state index contributed by atoms with van der Waals surface area (Å²) in [6.45, 7) is 10.0. The van der Waals surface area contributed by atoms with Gasteiger partial charge in [-0.1, -0.05) is 25.1 Å². The van der Waals surface area contributed by atoms with Crippen LogP contribution in [-0.2, 0) is 13.5 Å². The number of nitrogens with zero attached hydrogens (tertiary/aromatic N) is 2. The van der Waals surface area contributed by atoms with Crippen LogP contribution in [0.5, 0.6) is 0 Å². The van der Waals surface area contributed by atoms with E-state index < -0.39 is 0 Å². The SMILES string of the molecule is CC(CCc1nn(C)c2ccccc12)CNC(C)(C)C. The highest BCUT2D eigenvalue weighted by atomic mass is 15.3. The Morgan fingerprint density at radius 1 is 1.25 bits per heavy atom. The Labute approximate surface area is 122 Å². The van der Waals surface area contributed by atoms with Gasteiger partial charge in [-0.05, 0) is 52.1 Å². The van der Waals surface area contributed by atoms with Crippen molar-refractivity contribution < 1.29 is 0 Å². The highest BCUT2D eigenvalue weighted by molar-refractivity contribution is 5.81. The molecule has 0 radical (unpaired) electrons. The van der Waals surface area contributed by atoms with E-state index >= 15 is 0 Å². The molecule has 0 spiro atoms. The summed E-state index contributed by atoms with van der Waals surface area (Å²) in [6, 6.07) is 8.48. The lowest BCUT2D eigenvalue weighted by molar-refractivity contribution is 0.372. The molecule has 0 fully saturated rings. The van der Waals surface area contributed by atoms with Crippen molar-refractivity contribution in [3.05, 3.63) is 30.0 Å². The second-order valence-corrected chi connectivity index (χ2v) is 6.86. The number of hydrogen-bond acceptors (Lipinski definition) is 2. The zero-order valence-electron chi connectivity index (χ0n) is 13.4. The van der Waals surface area contributed by atoms with Crippen LogP contribution in [0.4, 0.5) is 0 Å². The topological polar surface area (TPSA) is 29.9 Å². The third-order valence-corrected chi connectivity index (χ3v) is 3.69. The summed E-state index contributed by atoms with van der Waals surface area (Å²) in [4.78, 5) is 0. The molecular formula is C17H27N3. The lowest BCUT2D eigenvalue weighted by atomic mass is 10.0. The van der Waals surface area contributed by atoms with E-state index in [0.29, 0.717) is 5.92 Å². The van der Waals surface area contributed by atoms with Gasteiger partial charge in [0, 0.05) is 18.0 Å². The van der Waals surface area contributed by atoms with Crippen molar-refractivity contribution in [1.82, 2.24) is 15.1 Å². The van der Waals surface area contributed by atoms with Gasteiger partial charge in [0.25, 0.3) is 0 Å². The number of aromatic nitrogens is 2. The number of benzene rings is 1. The second-order valence-electron chi connectivity index (χ2n) is 6.86. The third kappa shape index (κ3) is 3.83. The highest BCUT2D eigenvalue weighted by Crippen LogP contribution is 2.20. The molecule has 0 saturated heterocycles. The number of para-hydroxylation sites is 1. The van der Waals surface area contributed by atoms with Gasteiger partial charge >= 0.3 is 0 Å². The minimum atomic E-state index is 0.200. The first kappa shape index (κ1) is 15.0. The van der Waals surface area contributed by atoms with Gasteiger partial charge in [-0.2, -0.15) is 5.10 Å². The number of nitrogens with one attached hydrogen (secondary N) is 1. The predicted octanol–water partition coefficient (Wildman–Crippen LogP) is 3.53. The van der Waals surface area contributed by atoms with Crippen LogP contribution >= 0.6 is 0 Å². The molecule has 0 saturated carbocycles. The van der Waals surface area contributed by atoms with Crippen molar-refractivity contribution in [1.29, 1.82) is 0 Å². The highest BCUT2D eigenvalue weighted by Gasteiger charge is 2.13. The van der Waals surface area contributed by atoms with Gasteiger partial charge in [-0.3, -0.25) is 4.68 Å². The molecule has 3 nitrogen and oxygen atoms in total. The minimum absolute atomic E-state index is 0.200. The number of fused-ring (bicyclic) bond motifs is 1. The quantitative estimate of drug-likeness (QED) is 0.903. The average molecular weight is 273 g/mol. The van der Waals surface area contributed by atoms with E-state index in [9.17, 15) is 0 Å². The van der Waals surface area contributed by atoms with Crippen molar-refractivity contribution in [2.45, 2.75) is 46.1 Å². The maximum Gasteiger partial charge on any atom is 0.0703 e. The molecule has 1 atom stereocenters.